The Hall–Kier alpha value is -6.50. The molecule has 1 aliphatic carbocycles. The van der Waals surface area contributed by atoms with Crippen LogP contribution in [-0.4, -0.2) is 48.0 Å². The highest BCUT2D eigenvalue weighted by molar-refractivity contribution is 5.89. The predicted octanol–water partition coefficient (Wildman–Crippen LogP) is 6.18. The highest BCUT2D eigenvalue weighted by atomic mass is 16.5. The molecule has 266 valence electrons. The SMILES string of the molecule is CC(=O)Nc1ccc2c(c1)OCc1cc(-c3ccncc3OCC3CC3c3ncccc3-c3cc4n(n3)Cc3ccc(NC(C)=O)cc3OC4)nn1C2. The molecule has 4 aromatic heterocycles. The summed E-state index contributed by atoms with van der Waals surface area (Å²) in [6.45, 7) is 5.32. The summed E-state index contributed by atoms with van der Waals surface area (Å²) >= 11 is 0. The van der Waals surface area contributed by atoms with Crippen LogP contribution in [0.2, 0.25) is 0 Å². The number of nitrogens with one attached hydrogen (secondary N) is 2. The quantitative estimate of drug-likeness (QED) is 0.189. The Kier molecular flexibility index (Phi) is 8.10. The third kappa shape index (κ3) is 6.57. The topological polar surface area (TPSA) is 147 Å². The fraction of sp³-hybridized carbons (Fsp3) is 0.250. The van der Waals surface area contributed by atoms with Crippen LogP contribution in [0.15, 0.2) is 85.3 Å². The van der Waals surface area contributed by atoms with E-state index in [4.69, 9.17) is 29.4 Å². The molecule has 13 heteroatoms. The van der Waals surface area contributed by atoms with E-state index in [-0.39, 0.29) is 23.7 Å². The van der Waals surface area contributed by atoms with Gasteiger partial charge in [-0.2, -0.15) is 10.2 Å². The van der Waals surface area contributed by atoms with Crippen LogP contribution in [0, 0.1) is 5.92 Å². The van der Waals surface area contributed by atoms with Crippen LogP contribution < -0.4 is 24.8 Å². The first-order valence-electron chi connectivity index (χ1n) is 17.6. The first-order valence-corrected chi connectivity index (χ1v) is 17.6. The van der Waals surface area contributed by atoms with Gasteiger partial charge in [0.05, 0.1) is 54.4 Å². The summed E-state index contributed by atoms with van der Waals surface area (Å²) in [7, 11) is 0. The van der Waals surface area contributed by atoms with Gasteiger partial charge in [-0.1, -0.05) is 12.1 Å². The van der Waals surface area contributed by atoms with Crippen molar-refractivity contribution >= 4 is 23.2 Å². The molecule has 2 aromatic carbocycles. The van der Waals surface area contributed by atoms with E-state index in [9.17, 15) is 9.59 Å². The second-order valence-electron chi connectivity index (χ2n) is 13.7. The summed E-state index contributed by atoms with van der Waals surface area (Å²) in [5.41, 5.74) is 9.84. The minimum absolute atomic E-state index is 0.123. The maximum Gasteiger partial charge on any atom is 0.221 e. The van der Waals surface area contributed by atoms with Crippen LogP contribution in [0.4, 0.5) is 11.4 Å². The third-order valence-corrected chi connectivity index (χ3v) is 9.79. The average Bonchev–Trinajstić information content (AvgIpc) is 3.76. The van der Waals surface area contributed by atoms with Gasteiger partial charge in [0.2, 0.25) is 11.8 Å². The van der Waals surface area contributed by atoms with Gasteiger partial charge < -0.3 is 24.8 Å². The molecule has 2 aliphatic heterocycles. The van der Waals surface area contributed by atoms with E-state index in [1.807, 2.05) is 70.2 Å². The van der Waals surface area contributed by atoms with Crippen molar-refractivity contribution < 1.29 is 23.8 Å². The van der Waals surface area contributed by atoms with Crippen LogP contribution in [0.1, 0.15) is 54.4 Å². The maximum atomic E-state index is 11.5. The van der Waals surface area contributed by atoms with Crippen LogP contribution in [0.25, 0.3) is 22.5 Å². The summed E-state index contributed by atoms with van der Waals surface area (Å²) in [5, 5.41) is 15.6. The van der Waals surface area contributed by atoms with Gasteiger partial charge in [0.15, 0.2) is 0 Å². The zero-order valence-electron chi connectivity index (χ0n) is 29.2. The molecule has 2 N–H and O–H groups in total. The molecule has 2 atom stereocenters. The lowest BCUT2D eigenvalue weighted by Crippen LogP contribution is -2.06. The van der Waals surface area contributed by atoms with Crippen molar-refractivity contribution in [3.05, 3.63) is 114 Å². The molecule has 0 saturated heterocycles. The Morgan fingerprint density at radius 1 is 0.792 bits per heavy atom. The molecule has 6 heterocycles. The number of pyridine rings is 2. The van der Waals surface area contributed by atoms with Gasteiger partial charge in [-0.05, 0) is 48.9 Å². The lowest BCUT2D eigenvalue weighted by Gasteiger charge is -2.11. The van der Waals surface area contributed by atoms with Gasteiger partial charge in [0.1, 0.15) is 30.5 Å². The molecule has 6 aromatic rings. The van der Waals surface area contributed by atoms with Gasteiger partial charge in [-0.25, -0.2) is 0 Å². The van der Waals surface area contributed by atoms with Crippen molar-refractivity contribution in [3.63, 3.8) is 0 Å². The minimum Gasteiger partial charge on any atom is -0.491 e. The molecule has 1 saturated carbocycles. The van der Waals surface area contributed by atoms with Crippen LogP contribution >= 0.6 is 0 Å². The molecule has 0 radical (unpaired) electrons. The Balaban J connectivity index is 0.884. The molecule has 2 amide bonds. The van der Waals surface area contributed by atoms with E-state index >= 15 is 0 Å². The third-order valence-electron chi connectivity index (χ3n) is 9.79. The summed E-state index contributed by atoms with van der Waals surface area (Å²) in [6.07, 6.45) is 6.30. The van der Waals surface area contributed by atoms with Crippen LogP contribution in [0.5, 0.6) is 17.2 Å². The van der Waals surface area contributed by atoms with Gasteiger partial charge in [0, 0.05) is 83.8 Å². The van der Waals surface area contributed by atoms with Crippen molar-refractivity contribution in [2.75, 3.05) is 17.2 Å². The Bertz CT molecular complexity index is 2400. The number of anilines is 2. The summed E-state index contributed by atoms with van der Waals surface area (Å²) in [5.74, 6) is 2.43. The summed E-state index contributed by atoms with van der Waals surface area (Å²) < 4.78 is 22.7. The largest absolute Gasteiger partial charge is 0.491 e. The highest BCUT2D eigenvalue weighted by Crippen LogP contribution is 2.50. The number of benzene rings is 2. The molecular formula is C40H36N8O5. The zero-order chi connectivity index (χ0) is 36.1. The van der Waals surface area contributed by atoms with E-state index in [0.29, 0.717) is 50.0 Å². The molecule has 0 bridgehead atoms. The first kappa shape index (κ1) is 32.4. The van der Waals surface area contributed by atoms with Gasteiger partial charge in [-0.15, -0.1) is 0 Å². The zero-order valence-corrected chi connectivity index (χ0v) is 29.2. The van der Waals surface area contributed by atoms with E-state index in [1.54, 1.807) is 12.4 Å². The maximum absolute atomic E-state index is 11.5. The van der Waals surface area contributed by atoms with Crippen molar-refractivity contribution in [3.8, 4) is 39.8 Å². The van der Waals surface area contributed by atoms with Gasteiger partial charge >= 0.3 is 0 Å². The Morgan fingerprint density at radius 2 is 1.42 bits per heavy atom. The second kappa shape index (κ2) is 13.2. The number of fused-ring (bicyclic) bond motifs is 4. The normalized spacial score (nSPS) is 16.6. The van der Waals surface area contributed by atoms with Crippen molar-refractivity contribution in [2.24, 2.45) is 5.92 Å². The number of ether oxygens (including phenoxy) is 3. The summed E-state index contributed by atoms with van der Waals surface area (Å²) in [4.78, 5) is 32.2. The molecule has 2 unspecified atom stereocenters. The fourth-order valence-corrected chi connectivity index (χ4v) is 7.11. The molecule has 9 rings (SSSR count). The number of nitrogens with zero attached hydrogens (tertiary/aromatic N) is 6. The van der Waals surface area contributed by atoms with Crippen molar-refractivity contribution in [1.82, 2.24) is 29.5 Å². The van der Waals surface area contributed by atoms with E-state index in [2.05, 4.69) is 27.8 Å². The molecule has 3 aliphatic rings. The molecule has 53 heavy (non-hydrogen) atoms. The number of hydrogen-bond acceptors (Lipinski definition) is 9. The second-order valence-corrected chi connectivity index (χ2v) is 13.7. The predicted molar refractivity (Wildman–Crippen MR) is 196 cm³/mol. The lowest BCUT2D eigenvalue weighted by atomic mass is 10.1. The Morgan fingerprint density at radius 3 is 2.04 bits per heavy atom. The number of carbonyl (C=O) groups is 2. The highest BCUT2D eigenvalue weighted by Gasteiger charge is 2.42. The van der Waals surface area contributed by atoms with Gasteiger partial charge in [-0.3, -0.25) is 28.9 Å². The monoisotopic (exact) mass is 708 g/mol. The van der Waals surface area contributed by atoms with E-state index in [0.717, 1.165) is 68.6 Å². The van der Waals surface area contributed by atoms with Crippen LogP contribution in [-0.2, 0) is 35.9 Å². The lowest BCUT2D eigenvalue weighted by molar-refractivity contribution is -0.115. The van der Waals surface area contributed by atoms with Crippen LogP contribution in [0.3, 0.4) is 0 Å². The number of amides is 2. The smallest absolute Gasteiger partial charge is 0.221 e. The molecule has 13 nitrogen and oxygen atoms in total. The van der Waals surface area contributed by atoms with Crippen molar-refractivity contribution in [2.45, 2.75) is 52.5 Å². The summed E-state index contributed by atoms with van der Waals surface area (Å²) in [6, 6.07) is 21.5. The number of rotatable bonds is 8. The molecule has 1 fully saturated rings. The number of hydrogen-bond donors (Lipinski definition) is 2. The number of aromatic nitrogens is 6. The van der Waals surface area contributed by atoms with E-state index in [1.165, 1.54) is 13.8 Å². The number of carbonyl (C=O) groups excluding carboxylic acids is 2. The molecule has 0 spiro atoms. The van der Waals surface area contributed by atoms with Gasteiger partial charge in [0.25, 0.3) is 0 Å². The standard InChI is InChI=1S/C40H36N8O5/c1-23(49)43-28-7-5-25-18-47-30(21-52-37(25)13-28)15-35(45-47)32-9-11-41-17-39(32)51-20-27-12-34(27)40-33(4-3-10-42-40)36-16-31-22-53-38-14-29(44-24(2)50)8-6-26(38)19-48(31)46-36/h3-11,13-17,27,34H,12,18-22H2,1-2H3,(H,43,49)(H,44,50). The van der Waals surface area contributed by atoms with Crippen molar-refractivity contribution in [1.29, 1.82) is 0 Å². The molecular weight excluding hydrogens is 672 g/mol. The average molecular weight is 709 g/mol. The first-order chi connectivity index (χ1) is 25.8. The Labute approximate surface area is 304 Å². The van der Waals surface area contributed by atoms with E-state index < -0.39 is 0 Å². The minimum atomic E-state index is -0.127. The fourth-order valence-electron chi connectivity index (χ4n) is 7.11.